The molecule has 0 aliphatic heterocycles. The number of rotatable bonds is 8. The zero-order chi connectivity index (χ0) is 19.1. The molecule has 0 unspecified atom stereocenters. The van der Waals surface area contributed by atoms with E-state index in [2.05, 4.69) is 24.4 Å². The highest BCUT2D eigenvalue weighted by Crippen LogP contribution is 2.31. The lowest BCUT2D eigenvalue weighted by molar-refractivity contribution is -0.125. The molecule has 0 bridgehead atoms. The fraction of sp³-hybridized carbons (Fsp3) is 0.300. The lowest BCUT2D eigenvalue weighted by Gasteiger charge is -2.13. The summed E-state index contributed by atoms with van der Waals surface area (Å²) < 4.78 is 5.50. The molecule has 0 aliphatic carbocycles. The fourth-order valence-corrected chi connectivity index (χ4v) is 2.67. The van der Waals surface area contributed by atoms with Gasteiger partial charge in [0.05, 0.1) is 19.7 Å². The van der Waals surface area contributed by atoms with E-state index in [1.54, 1.807) is 7.11 Å². The zero-order valence-corrected chi connectivity index (χ0v) is 15.1. The number of amides is 2. The van der Waals surface area contributed by atoms with Crippen LogP contribution in [-0.4, -0.2) is 31.5 Å². The van der Waals surface area contributed by atoms with E-state index in [1.165, 1.54) is 5.56 Å². The monoisotopic (exact) mass is 355 g/mol. The topological polar surface area (TPSA) is 107 Å². The second kappa shape index (κ2) is 9.01. The molecule has 138 valence electrons. The van der Waals surface area contributed by atoms with Crippen LogP contribution in [-0.2, 0) is 22.4 Å². The molecule has 0 radical (unpaired) electrons. The quantitative estimate of drug-likeness (QED) is 0.665. The van der Waals surface area contributed by atoms with Gasteiger partial charge in [-0.25, -0.2) is 0 Å². The summed E-state index contributed by atoms with van der Waals surface area (Å²) in [5, 5.41) is 2.41. The smallest absolute Gasteiger partial charge is 0.237 e. The second-order valence-corrected chi connectivity index (χ2v) is 6.08. The van der Waals surface area contributed by atoms with Crippen LogP contribution in [0.2, 0.25) is 0 Å². The molecule has 26 heavy (non-hydrogen) atoms. The normalized spacial score (nSPS) is 11.7. The van der Waals surface area contributed by atoms with Gasteiger partial charge in [-0.1, -0.05) is 43.3 Å². The number of methoxy groups -OCH3 is 1. The van der Waals surface area contributed by atoms with Gasteiger partial charge in [0, 0.05) is 5.56 Å². The molecule has 1 atom stereocenters. The Morgan fingerprint density at radius 2 is 1.77 bits per heavy atom. The van der Waals surface area contributed by atoms with Crippen LogP contribution in [0.15, 0.2) is 42.5 Å². The number of hydrogen-bond acceptors (Lipinski definition) is 4. The Morgan fingerprint density at radius 1 is 1.12 bits per heavy atom. The summed E-state index contributed by atoms with van der Waals surface area (Å²) in [7, 11) is 1.66. The molecule has 0 heterocycles. The molecule has 0 aromatic heterocycles. The third-order valence-corrected chi connectivity index (χ3v) is 4.17. The van der Waals surface area contributed by atoms with E-state index in [1.807, 2.05) is 30.3 Å². The van der Waals surface area contributed by atoms with Gasteiger partial charge in [0.15, 0.2) is 0 Å². The van der Waals surface area contributed by atoms with Crippen molar-refractivity contribution in [3.8, 4) is 16.9 Å². The summed E-state index contributed by atoms with van der Waals surface area (Å²) in [6, 6.07) is 13.3. The van der Waals surface area contributed by atoms with Crippen LogP contribution in [0.3, 0.4) is 0 Å². The van der Waals surface area contributed by atoms with Gasteiger partial charge < -0.3 is 21.5 Å². The Labute approximate surface area is 153 Å². The first-order chi connectivity index (χ1) is 12.4. The SMILES string of the molecule is CCc1ccc(-c2ccc(C[C@H](N)C(=O)NCC(N)=O)cc2)c(OC)c1. The summed E-state index contributed by atoms with van der Waals surface area (Å²) >= 11 is 0. The highest BCUT2D eigenvalue weighted by atomic mass is 16.5. The molecular formula is C20H25N3O3. The van der Waals surface area contributed by atoms with E-state index in [9.17, 15) is 9.59 Å². The van der Waals surface area contributed by atoms with E-state index in [-0.39, 0.29) is 6.54 Å². The molecule has 6 heteroatoms. The van der Waals surface area contributed by atoms with E-state index < -0.39 is 17.9 Å². The molecule has 5 N–H and O–H groups in total. The first-order valence-electron chi connectivity index (χ1n) is 8.52. The Kier molecular flexibility index (Phi) is 6.74. The molecule has 0 spiro atoms. The number of aryl methyl sites for hydroxylation is 1. The standard InChI is InChI=1S/C20H25N3O3/c1-3-13-6-9-16(18(11-13)26-2)15-7-4-14(5-8-15)10-17(21)20(25)23-12-19(22)24/h4-9,11,17H,3,10,12,21H2,1-2H3,(H2,22,24)(H,23,25)/t17-/m0/s1. The average molecular weight is 355 g/mol. The predicted molar refractivity (Wildman–Crippen MR) is 102 cm³/mol. The summed E-state index contributed by atoms with van der Waals surface area (Å²) in [5.74, 6) is -0.165. The third-order valence-electron chi connectivity index (χ3n) is 4.17. The maximum atomic E-state index is 11.8. The van der Waals surface area contributed by atoms with Crippen molar-refractivity contribution in [3.05, 3.63) is 53.6 Å². The number of carbonyl (C=O) groups is 2. The molecule has 2 aromatic carbocycles. The Hall–Kier alpha value is -2.86. The highest BCUT2D eigenvalue weighted by Gasteiger charge is 2.14. The van der Waals surface area contributed by atoms with Crippen molar-refractivity contribution < 1.29 is 14.3 Å². The lowest BCUT2D eigenvalue weighted by Crippen LogP contribution is -2.44. The van der Waals surface area contributed by atoms with Crippen LogP contribution in [0.5, 0.6) is 5.75 Å². The maximum Gasteiger partial charge on any atom is 0.237 e. The van der Waals surface area contributed by atoms with Crippen LogP contribution in [0.4, 0.5) is 0 Å². The molecule has 2 amide bonds. The zero-order valence-electron chi connectivity index (χ0n) is 15.1. The van der Waals surface area contributed by atoms with Crippen molar-refractivity contribution in [1.29, 1.82) is 0 Å². The van der Waals surface area contributed by atoms with Gasteiger partial charge in [0.25, 0.3) is 0 Å². The Balaban J connectivity index is 2.09. The summed E-state index contributed by atoms with van der Waals surface area (Å²) in [6.07, 6.45) is 1.32. The van der Waals surface area contributed by atoms with E-state index in [0.717, 1.165) is 28.9 Å². The van der Waals surface area contributed by atoms with Crippen LogP contribution in [0.1, 0.15) is 18.1 Å². The van der Waals surface area contributed by atoms with Crippen molar-refractivity contribution in [2.24, 2.45) is 11.5 Å². The summed E-state index contributed by atoms with van der Waals surface area (Å²) in [6.45, 7) is 1.89. The van der Waals surface area contributed by atoms with Crippen molar-refractivity contribution in [1.82, 2.24) is 5.32 Å². The van der Waals surface area contributed by atoms with Gasteiger partial charge in [0.2, 0.25) is 11.8 Å². The van der Waals surface area contributed by atoms with Crippen molar-refractivity contribution in [3.63, 3.8) is 0 Å². The van der Waals surface area contributed by atoms with Gasteiger partial charge in [-0.05, 0) is 35.6 Å². The fourth-order valence-electron chi connectivity index (χ4n) is 2.67. The minimum atomic E-state index is -0.737. The van der Waals surface area contributed by atoms with Gasteiger partial charge in [0.1, 0.15) is 5.75 Å². The minimum Gasteiger partial charge on any atom is -0.496 e. The molecule has 0 fully saturated rings. The van der Waals surface area contributed by atoms with Crippen LogP contribution >= 0.6 is 0 Å². The van der Waals surface area contributed by atoms with Crippen molar-refractivity contribution in [2.45, 2.75) is 25.8 Å². The van der Waals surface area contributed by atoms with Crippen molar-refractivity contribution in [2.75, 3.05) is 13.7 Å². The second-order valence-electron chi connectivity index (χ2n) is 6.08. The number of nitrogens with two attached hydrogens (primary N) is 2. The van der Waals surface area contributed by atoms with Gasteiger partial charge in [-0.15, -0.1) is 0 Å². The number of benzene rings is 2. The van der Waals surface area contributed by atoms with Gasteiger partial charge >= 0.3 is 0 Å². The lowest BCUT2D eigenvalue weighted by atomic mass is 9.98. The van der Waals surface area contributed by atoms with Gasteiger partial charge in [-0.2, -0.15) is 0 Å². The predicted octanol–water partition coefficient (Wildman–Crippen LogP) is 1.40. The molecule has 6 nitrogen and oxygen atoms in total. The molecule has 0 saturated heterocycles. The van der Waals surface area contributed by atoms with E-state index >= 15 is 0 Å². The Morgan fingerprint density at radius 3 is 2.35 bits per heavy atom. The van der Waals surface area contributed by atoms with E-state index in [0.29, 0.717) is 6.42 Å². The first-order valence-corrected chi connectivity index (χ1v) is 8.52. The van der Waals surface area contributed by atoms with Crippen LogP contribution in [0.25, 0.3) is 11.1 Å². The molecule has 2 rings (SSSR count). The number of primary amides is 1. The minimum absolute atomic E-state index is 0.209. The number of carbonyl (C=O) groups excluding carboxylic acids is 2. The number of hydrogen-bond donors (Lipinski definition) is 3. The van der Waals surface area contributed by atoms with Crippen LogP contribution in [0, 0.1) is 0 Å². The number of nitrogens with one attached hydrogen (secondary N) is 1. The molecule has 0 aliphatic rings. The number of ether oxygens (including phenoxy) is 1. The maximum absolute atomic E-state index is 11.8. The van der Waals surface area contributed by atoms with E-state index in [4.69, 9.17) is 16.2 Å². The Bertz CT molecular complexity index is 772. The summed E-state index contributed by atoms with van der Waals surface area (Å²) in [5.41, 5.74) is 15.1. The molecular weight excluding hydrogens is 330 g/mol. The average Bonchev–Trinajstić information content (AvgIpc) is 2.66. The van der Waals surface area contributed by atoms with Gasteiger partial charge in [-0.3, -0.25) is 9.59 Å². The van der Waals surface area contributed by atoms with Crippen molar-refractivity contribution >= 4 is 11.8 Å². The third kappa shape index (κ3) is 5.07. The largest absolute Gasteiger partial charge is 0.496 e. The highest BCUT2D eigenvalue weighted by molar-refractivity contribution is 5.86. The summed E-state index contributed by atoms with van der Waals surface area (Å²) in [4.78, 5) is 22.5. The van der Waals surface area contributed by atoms with Crippen LogP contribution < -0.4 is 21.5 Å². The first kappa shape index (κ1) is 19.5. The molecule has 2 aromatic rings. The molecule has 0 saturated carbocycles.